The predicted molar refractivity (Wildman–Crippen MR) is 76.3 cm³/mol. The maximum Gasteiger partial charge on any atom is 0.315 e. The molecule has 0 radical (unpaired) electrons. The van der Waals surface area contributed by atoms with Crippen LogP contribution in [0.15, 0.2) is 5.38 Å². The van der Waals surface area contributed by atoms with Gasteiger partial charge in [-0.15, -0.1) is 11.3 Å². The first-order valence-corrected chi connectivity index (χ1v) is 7.62. The second-order valence-electron chi connectivity index (χ2n) is 5.07. The summed E-state index contributed by atoms with van der Waals surface area (Å²) in [6, 6.07) is 0.390. The maximum absolute atomic E-state index is 11.7. The molecule has 1 heterocycles. The zero-order chi connectivity index (χ0) is 13.0. The second kappa shape index (κ2) is 6.23. The fourth-order valence-electron chi connectivity index (χ4n) is 2.43. The number of thiophene rings is 1. The van der Waals surface area contributed by atoms with Crippen molar-refractivity contribution in [1.82, 2.24) is 10.6 Å². The molecular formula is C14H22N2OS. The summed E-state index contributed by atoms with van der Waals surface area (Å²) in [7, 11) is 0. The van der Waals surface area contributed by atoms with Crippen LogP contribution < -0.4 is 10.6 Å². The molecule has 0 aliphatic heterocycles. The molecule has 2 N–H and O–H groups in total. The Labute approximate surface area is 113 Å². The summed E-state index contributed by atoms with van der Waals surface area (Å²) in [5.74, 6) is 0. The van der Waals surface area contributed by atoms with Crippen molar-refractivity contribution in [1.29, 1.82) is 0 Å². The predicted octanol–water partition coefficient (Wildman–Crippen LogP) is 3.15. The van der Waals surface area contributed by atoms with E-state index < -0.39 is 0 Å². The van der Waals surface area contributed by atoms with E-state index >= 15 is 0 Å². The quantitative estimate of drug-likeness (QED) is 0.863. The summed E-state index contributed by atoms with van der Waals surface area (Å²) in [6.07, 6.45) is 5.69. The highest BCUT2D eigenvalue weighted by atomic mass is 32.1. The van der Waals surface area contributed by atoms with Gasteiger partial charge in [0.25, 0.3) is 0 Å². The molecule has 2 amide bonds. The van der Waals surface area contributed by atoms with E-state index in [0.29, 0.717) is 6.04 Å². The number of carbonyl (C=O) groups is 1. The number of nitrogens with one attached hydrogen (secondary N) is 2. The van der Waals surface area contributed by atoms with Crippen molar-refractivity contribution in [2.45, 2.75) is 52.0 Å². The highest BCUT2D eigenvalue weighted by Gasteiger charge is 2.16. The van der Waals surface area contributed by atoms with E-state index in [1.807, 2.05) is 0 Å². The molecule has 0 bridgehead atoms. The maximum atomic E-state index is 11.7. The van der Waals surface area contributed by atoms with E-state index in [9.17, 15) is 4.79 Å². The molecule has 0 aromatic carbocycles. The molecule has 0 saturated heterocycles. The third-order valence-electron chi connectivity index (χ3n) is 3.76. The van der Waals surface area contributed by atoms with Crippen molar-refractivity contribution < 1.29 is 4.79 Å². The van der Waals surface area contributed by atoms with E-state index in [0.717, 1.165) is 25.8 Å². The molecule has 3 nitrogen and oxygen atoms in total. The molecule has 1 aliphatic rings. The van der Waals surface area contributed by atoms with Crippen molar-refractivity contribution in [2.24, 2.45) is 0 Å². The first-order chi connectivity index (χ1) is 8.66. The van der Waals surface area contributed by atoms with Gasteiger partial charge in [-0.05, 0) is 49.6 Å². The molecule has 1 aromatic rings. The number of carbonyl (C=O) groups excluding carboxylic acids is 1. The molecule has 1 aromatic heterocycles. The first-order valence-electron chi connectivity index (χ1n) is 6.74. The van der Waals surface area contributed by atoms with Crippen molar-refractivity contribution in [3.8, 4) is 0 Å². The summed E-state index contributed by atoms with van der Waals surface area (Å²) in [5.41, 5.74) is 2.73. The fourth-order valence-corrected chi connectivity index (χ4v) is 3.35. The molecule has 1 fully saturated rings. The van der Waals surface area contributed by atoms with Crippen LogP contribution in [0.2, 0.25) is 0 Å². The van der Waals surface area contributed by atoms with Crippen molar-refractivity contribution in [3.63, 3.8) is 0 Å². The van der Waals surface area contributed by atoms with Gasteiger partial charge in [-0.3, -0.25) is 0 Å². The molecule has 2 rings (SSSR count). The number of amides is 2. The normalized spacial score (nSPS) is 15.9. The molecule has 0 spiro atoms. The van der Waals surface area contributed by atoms with Gasteiger partial charge < -0.3 is 10.6 Å². The zero-order valence-corrected chi connectivity index (χ0v) is 12.0. The number of rotatable bonds is 4. The summed E-state index contributed by atoms with van der Waals surface area (Å²) in [4.78, 5) is 13.0. The minimum absolute atomic E-state index is 0.00787. The van der Waals surface area contributed by atoms with Gasteiger partial charge in [0.05, 0.1) is 0 Å². The highest BCUT2D eigenvalue weighted by molar-refractivity contribution is 7.10. The van der Waals surface area contributed by atoms with E-state index in [2.05, 4.69) is 29.9 Å². The molecule has 100 valence electrons. The topological polar surface area (TPSA) is 41.1 Å². The second-order valence-corrected chi connectivity index (χ2v) is 6.16. The van der Waals surface area contributed by atoms with Crippen LogP contribution in [-0.2, 0) is 6.42 Å². The minimum atomic E-state index is -0.00787. The Morgan fingerprint density at radius 1 is 1.39 bits per heavy atom. The lowest BCUT2D eigenvalue weighted by Gasteiger charge is -2.12. The summed E-state index contributed by atoms with van der Waals surface area (Å²) < 4.78 is 0. The van der Waals surface area contributed by atoms with Gasteiger partial charge in [-0.1, -0.05) is 12.8 Å². The van der Waals surface area contributed by atoms with Crippen LogP contribution in [0.25, 0.3) is 0 Å². The van der Waals surface area contributed by atoms with Crippen LogP contribution >= 0.6 is 11.3 Å². The molecule has 1 aliphatic carbocycles. The lowest BCUT2D eigenvalue weighted by molar-refractivity contribution is 0.237. The molecule has 0 unspecified atom stereocenters. The lowest BCUT2D eigenvalue weighted by atomic mass is 10.1. The van der Waals surface area contributed by atoms with Gasteiger partial charge in [0.2, 0.25) is 0 Å². The summed E-state index contributed by atoms with van der Waals surface area (Å²) in [5, 5.41) is 8.18. The van der Waals surface area contributed by atoms with E-state index in [1.165, 1.54) is 28.8 Å². The van der Waals surface area contributed by atoms with Crippen LogP contribution in [0.3, 0.4) is 0 Å². The lowest BCUT2D eigenvalue weighted by Crippen LogP contribution is -2.41. The molecule has 1 saturated carbocycles. The molecule has 18 heavy (non-hydrogen) atoms. The highest BCUT2D eigenvalue weighted by Crippen LogP contribution is 2.20. The minimum Gasteiger partial charge on any atom is -0.338 e. The largest absolute Gasteiger partial charge is 0.338 e. The molecular weight excluding hydrogens is 244 g/mol. The third kappa shape index (κ3) is 3.48. The number of urea groups is 1. The average molecular weight is 266 g/mol. The number of hydrogen-bond acceptors (Lipinski definition) is 2. The Kier molecular flexibility index (Phi) is 4.64. The first kappa shape index (κ1) is 13.4. The van der Waals surface area contributed by atoms with Gasteiger partial charge in [-0.2, -0.15) is 0 Å². The SMILES string of the molecule is Cc1scc(CCNC(=O)NC2CCCC2)c1C. The van der Waals surface area contributed by atoms with Crippen LogP contribution in [0.1, 0.15) is 41.7 Å². The molecule has 4 heteroatoms. The van der Waals surface area contributed by atoms with Crippen LogP contribution in [0.4, 0.5) is 4.79 Å². The van der Waals surface area contributed by atoms with Gasteiger partial charge in [0.1, 0.15) is 0 Å². The third-order valence-corrected chi connectivity index (χ3v) is 4.82. The van der Waals surface area contributed by atoms with Gasteiger partial charge in [-0.25, -0.2) is 4.79 Å². The van der Waals surface area contributed by atoms with E-state index in [4.69, 9.17) is 0 Å². The monoisotopic (exact) mass is 266 g/mol. The van der Waals surface area contributed by atoms with Crippen LogP contribution in [0.5, 0.6) is 0 Å². The zero-order valence-electron chi connectivity index (χ0n) is 11.2. The fraction of sp³-hybridized carbons (Fsp3) is 0.643. The van der Waals surface area contributed by atoms with E-state index in [1.54, 1.807) is 11.3 Å². The van der Waals surface area contributed by atoms with Gasteiger partial charge >= 0.3 is 6.03 Å². The standard InChI is InChI=1S/C14H22N2OS/c1-10-11(2)18-9-12(10)7-8-15-14(17)16-13-5-3-4-6-13/h9,13H,3-8H2,1-2H3,(H2,15,16,17). The Morgan fingerprint density at radius 2 is 2.11 bits per heavy atom. The Balaban J connectivity index is 1.68. The Morgan fingerprint density at radius 3 is 2.72 bits per heavy atom. The van der Waals surface area contributed by atoms with Crippen LogP contribution in [-0.4, -0.2) is 18.6 Å². The Hall–Kier alpha value is -1.03. The van der Waals surface area contributed by atoms with Gasteiger partial charge in [0.15, 0.2) is 0 Å². The molecule has 0 atom stereocenters. The average Bonchev–Trinajstić information content (AvgIpc) is 2.94. The van der Waals surface area contributed by atoms with Crippen LogP contribution in [0, 0.1) is 13.8 Å². The summed E-state index contributed by atoms with van der Waals surface area (Å²) >= 11 is 1.79. The number of aryl methyl sites for hydroxylation is 1. The Bertz CT molecular complexity index is 408. The number of hydrogen-bond donors (Lipinski definition) is 2. The van der Waals surface area contributed by atoms with Crippen molar-refractivity contribution in [2.75, 3.05) is 6.54 Å². The van der Waals surface area contributed by atoms with E-state index in [-0.39, 0.29) is 6.03 Å². The van der Waals surface area contributed by atoms with Gasteiger partial charge in [0, 0.05) is 17.5 Å². The van der Waals surface area contributed by atoms with Crippen molar-refractivity contribution in [3.05, 3.63) is 21.4 Å². The smallest absolute Gasteiger partial charge is 0.315 e. The van der Waals surface area contributed by atoms with Crippen molar-refractivity contribution >= 4 is 17.4 Å². The summed E-state index contributed by atoms with van der Waals surface area (Å²) in [6.45, 7) is 5.01.